The maximum Gasteiger partial charge on any atom is 0.336 e. The van der Waals surface area contributed by atoms with Crippen LogP contribution < -0.4 is 15.0 Å². The molecule has 3 aromatic carbocycles. The second kappa shape index (κ2) is 12.9. The largest absolute Gasteiger partial charge is 0.494 e. The molecule has 1 atom stereocenters. The number of carbonyl (C=O) groups is 2. The van der Waals surface area contributed by atoms with Crippen molar-refractivity contribution in [1.29, 1.82) is 5.26 Å². The van der Waals surface area contributed by atoms with Gasteiger partial charge >= 0.3 is 5.97 Å². The number of amides is 1. The van der Waals surface area contributed by atoms with Crippen LogP contribution in [0.5, 0.6) is 5.75 Å². The molecule has 0 fully saturated rings. The van der Waals surface area contributed by atoms with Crippen LogP contribution in [0.15, 0.2) is 107 Å². The maximum atomic E-state index is 13.6. The minimum Gasteiger partial charge on any atom is -0.494 e. The van der Waals surface area contributed by atoms with Crippen molar-refractivity contribution in [3.05, 3.63) is 112 Å². The number of nitrogens with zero attached hydrogens (tertiary/aromatic N) is 2. The van der Waals surface area contributed by atoms with Crippen molar-refractivity contribution in [2.24, 2.45) is 0 Å². The summed E-state index contributed by atoms with van der Waals surface area (Å²) in [6, 6.07) is 28.5. The molecule has 7 nitrogen and oxygen atoms in total. The summed E-state index contributed by atoms with van der Waals surface area (Å²) in [5.41, 5.74) is 3.36. The Morgan fingerprint density at radius 1 is 0.974 bits per heavy atom. The van der Waals surface area contributed by atoms with Crippen molar-refractivity contribution in [2.45, 2.75) is 19.8 Å². The third-order valence-corrected chi connectivity index (χ3v) is 7.20. The molecule has 0 bridgehead atoms. The van der Waals surface area contributed by atoms with Crippen LogP contribution in [0.25, 0.3) is 0 Å². The first kappa shape index (κ1) is 27.6. The van der Waals surface area contributed by atoms with E-state index in [4.69, 9.17) is 9.47 Å². The molecular formula is C31H29N3O4S. The second-order valence-electron chi connectivity index (χ2n) is 8.60. The molecule has 0 spiro atoms. The Kier molecular flexibility index (Phi) is 9.08. The van der Waals surface area contributed by atoms with Gasteiger partial charge in [-0.15, -0.1) is 0 Å². The van der Waals surface area contributed by atoms with Crippen LogP contribution in [0.1, 0.15) is 25.3 Å². The predicted molar refractivity (Wildman–Crippen MR) is 153 cm³/mol. The minimum absolute atomic E-state index is 0.0535. The zero-order valence-electron chi connectivity index (χ0n) is 22.0. The number of rotatable bonds is 9. The number of dihydropyridines is 1. The SMILES string of the molecule is CCOc1ccccc1[C@H]1C(C#N)=C(SCC(=O)N(c2ccccc2)c2ccccc2)NC(C)=C1C(=O)OC. The molecule has 0 saturated heterocycles. The van der Waals surface area contributed by atoms with Crippen molar-refractivity contribution < 1.29 is 19.1 Å². The van der Waals surface area contributed by atoms with Crippen molar-refractivity contribution in [2.75, 3.05) is 24.4 Å². The molecule has 1 N–H and O–H groups in total. The van der Waals surface area contributed by atoms with Gasteiger partial charge in [0.2, 0.25) is 5.91 Å². The topological polar surface area (TPSA) is 91.7 Å². The summed E-state index contributed by atoms with van der Waals surface area (Å²) in [7, 11) is 1.31. The van der Waals surface area contributed by atoms with Gasteiger partial charge in [0.25, 0.3) is 0 Å². The van der Waals surface area contributed by atoms with Crippen molar-refractivity contribution in [3.8, 4) is 11.8 Å². The lowest BCUT2D eigenvalue weighted by Crippen LogP contribution is -2.31. The Bertz CT molecular complexity index is 1410. The Hall–Kier alpha value is -4.48. The molecule has 0 aliphatic carbocycles. The fourth-order valence-electron chi connectivity index (χ4n) is 4.51. The van der Waals surface area contributed by atoms with E-state index in [1.165, 1.54) is 18.9 Å². The number of para-hydroxylation sites is 3. The second-order valence-corrected chi connectivity index (χ2v) is 9.59. The van der Waals surface area contributed by atoms with E-state index >= 15 is 0 Å². The number of ether oxygens (including phenoxy) is 2. The number of nitriles is 1. The molecule has 1 heterocycles. The summed E-state index contributed by atoms with van der Waals surface area (Å²) >= 11 is 1.23. The molecule has 1 amide bonds. The lowest BCUT2D eigenvalue weighted by atomic mass is 9.82. The predicted octanol–water partition coefficient (Wildman–Crippen LogP) is 6.05. The van der Waals surface area contributed by atoms with E-state index in [1.54, 1.807) is 11.8 Å². The molecule has 4 rings (SSSR count). The summed E-state index contributed by atoms with van der Waals surface area (Å²) in [4.78, 5) is 28.2. The van der Waals surface area contributed by atoms with Crippen LogP contribution in [-0.4, -0.2) is 31.3 Å². The number of nitrogens with one attached hydrogen (secondary N) is 1. The average Bonchev–Trinajstić information content (AvgIpc) is 2.97. The summed E-state index contributed by atoms with van der Waals surface area (Å²) in [6.45, 7) is 4.06. The molecule has 3 aromatic rings. The fourth-order valence-corrected chi connectivity index (χ4v) is 5.45. The van der Waals surface area contributed by atoms with Crippen molar-refractivity contribution in [3.63, 3.8) is 0 Å². The number of benzene rings is 3. The van der Waals surface area contributed by atoms with Crippen molar-refractivity contribution >= 4 is 35.0 Å². The monoisotopic (exact) mass is 539 g/mol. The smallest absolute Gasteiger partial charge is 0.336 e. The molecule has 0 aromatic heterocycles. The minimum atomic E-state index is -0.719. The molecule has 8 heteroatoms. The van der Waals surface area contributed by atoms with Crippen molar-refractivity contribution in [1.82, 2.24) is 5.32 Å². The van der Waals surface area contributed by atoms with E-state index in [2.05, 4.69) is 11.4 Å². The first-order chi connectivity index (χ1) is 19.0. The normalized spacial score (nSPS) is 14.8. The lowest BCUT2D eigenvalue weighted by molar-refractivity contribution is -0.136. The Morgan fingerprint density at radius 2 is 1.56 bits per heavy atom. The molecular weight excluding hydrogens is 510 g/mol. The molecule has 0 saturated carbocycles. The van der Waals surface area contributed by atoms with Gasteiger partial charge in [0.1, 0.15) is 5.75 Å². The third kappa shape index (κ3) is 6.00. The molecule has 1 aliphatic heterocycles. The average molecular weight is 540 g/mol. The number of allylic oxidation sites excluding steroid dienone is 2. The van der Waals surface area contributed by atoms with E-state index in [0.29, 0.717) is 39.8 Å². The first-order valence-electron chi connectivity index (χ1n) is 12.5. The molecule has 1 aliphatic rings. The number of hydrogen-bond acceptors (Lipinski definition) is 7. The van der Waals surface area contributed by atoms with Gasteiger partial charge in [-0.05, 0) is 44.2 Å². The summed E-state index contributed by atoms with van der Waals surface area (Å²) < 4.78 is 10.9. The molecule has 0 radical (unpaired) electrons. The fraction of sp³-hybridized carbons (Fsp3) is 0.194. The summed E-state index contributed by atoms with van der Waals surface area (Å²) in [5, 5.41) is 14.0. The van der Waals surface area contributed by atoms with Crippen LogP contribution in [0.2, 0.25) is 0 Å². The molecule has 198 valence electrons. The highest BCUT2D eigenvalue weighted by Crippen LogP contribution is 2.44. The van der Waals surface area contributed by atoms with Gasteiger partial charge < -0.3 is 14.8 Å². The van der Waals surface area contributed by atoms with Gasteiger partial charge in [-0.1, -0.05) is 66.4 Å². The number of hydrogen-bond donors (Lipinski definition) is 1. The number of esters is 1. The summed E-state index contributed by atoms with van der Waals surface area (Å²) in [5.74, 6) is -0.783. The first-order valence-corrected chi connectivity index (χ1v) is 13.5. The quantitative estimate of drug-likeness (QED) is 0.331. The highest BCUT2D eigenvalue weighted by atomic mass is 32.2. The van der Waals surface area contributed by atoms with E-state index < -0.39 is 11.9 Å². The molecule has 0 unspecified atom stereocenters. The number of carbonyl (C=O) groups excluding carboxylic acids is 2. The van der Waals surface area contributed by atoms with Gasteiger partial charge in [-0.25, -0.2) is 4.79 Å². The van der Waals surface area contributed by atoms with Gasteiger partial charge in [-0.2, -0.15) is 5.26 Å². The highest BCUT2D eigenvalue weighted by Gasteiger charge is 2.37. The maximum absolute atomic E-state index is 13.6. The van der Waals surface area contributed by atoms with E-state index in [9.17, 15) is 14.9 Å². The van der Waals surface area contributed by atoms with Gasteiger partial charge in [0.15, 0.2) is 0 Å². The number of anilines is 2. The lowest BCUT2D eigenvalue weighted by Gasteiger charge is -2.30. The van der Waals surface area contributed by atoms with Crippen LogP contribution >= 0.6 is 11.8 Å². The third-order valence-electron chi connectivity index (χ3n) is 6.20. The van der Waals surface area contributed by atoms with E-state index in [-0.39, 0.29) is 11.7 Å². The Labute approximate surface area is 232 Å². The van der Waals surface area contributed by atoms with Gasteiger partial charge in [-0.3, -0.25) is 9.69 Å². The van der Waals surface area contributed by atoms with E-state index in [0.717, 1.165) is 11.4 Å². The number of thioether (sulfide) groups is 1. The van der Waals surface area contributed by atoms with E-state index in [1.807, 2.05) is 91.9 Å². The highest BCUT2D eigenvalue weighted by molar-refractivity contribution is 8.03. The van der Waals surface area contributed by atoms with Gasteiger partial charge in [0.05, 0.1) is 47.6 Å². The standard InChI is InChI=1S/C31H29N3O4S/c1-4-38-26-18-12-11-17-24(26)29-25(19-32)30(33-21(2)28(29)31(36)37-3)39-20-27(35)34(22-13-7-5-8-14-22)23-15-9-6-10-16-23/h5-18,29,33H,4,20H2,1-3H3/t29-/m0/s1. The van der Waals surface area contributed by atoms with Crippen LogP contribution in [-0.2, 0) is 14.3 Å². The van der Waals surface area contributed by atoms with Gasteiger partial charge in [0, 0.05) is 22.6 Å². The van der Waals surface area contributed by atoms with Crippen LogP contribution in [0.4, 0.5) is 11.4 Å². The Morgan fingerprint density at radius 3 is 2.13 bits per heavy atom. The zero-order valence-corrected chi connectivity index (χ0v) is 22.8. The Balaban J connectivity index is 1.72. The zero-order chi connectivity index (χ0) is 27.8. The summed E-state index contributed by atoms with van der Waals surface area (Å²) in [6.07, 6.45) is 0. The van der Waals surface area contributed by atoms with Crippen LogP contribution in [0.3, 0.4) is 0 Å². The molecule has 39 heavy (non-hydrogen) atoms. The number of methoxy groups -OCH3 is 1. The van der Waals surface area contributed by atoms with Crippen LogP contribution in [0, 0.1) is 11.3 Å².